The normalized spacial score (nSPS) is 24.8. The summed E-state index contributed by atoms with van der Waals surface area (Å²) in [5.41, 5.74) is 0. The van der Waals surface area contributed by atoms with Crippen LogP contribution >= 0.6 is 0 Å². The molecule has 1 aliphatic rings. The van der Waals surface area contributed by atoms with E-state index in [1.54, 1.807) is 4.90 Å². The molecule has 0 aliphatic carbocycles. The van der Waals surface area contributed by atoms with Crippen LogP contribution < -0.4 is 5.32 Å². The molecule has 1 rings (SSSR count). The van der Waals surface area contributed by atoms with Crippen molar-refractivity contribution in [2.75, 3.05) is 13.7 Å². The minimum Gasteiger partial charge on any atom is -0.453 e. The Balaban J connectivity index is 2.88. The fourth-order valence-electron chi connectivity index (χ4n) is 2.76. The van der Waals surface area contributed by atoms with Crippen LogP contribution in [0.2, 0.25) is 0 Å². The van der Waals surface area contributed by atoms with E-state index in [4.69, 9.17) is 0 Å². The SMILES string of the molecule is CCC(C)C1C[C@H](F)CN1C(=O)[C@@H](NC(=O)OC)C(C)C. The summed E-state index contributed by atoms with van der Waals surface area (Å²) in [5, 5.41) is 2.56. The molecule has 1 aliphatic heterocycles. The number of carbonyl (C=O) groups excluding carboxylic acids is 2. The number of hydrogen-bond donors (Lipinski definition) is 1. The van der Waals surface area contributed by atoms with Crippen LogP contribution in [0.1, 0.15) is 40.5 Å². The molecule has 2 unspecified atom stereocenters. The largest absolute Gasteiger partial charge is 0.453 e. The Hall–Kier alpha value is -1.33. The van der Waals surface area contributed by atoms with Crippen LogP contribution in [0.3, 0.4) is 0 Å². The first-order valence-electron chi connectivity index (χ1n) is 7.60. The lowest BCUT2D eigenvalue weighted by atomic mass is 9.95. The van der Waals surface area contributed by atoms with Crippen molar-refractivity contribution in [3.8, 4) is 0 Å². The van der Waals surface area contributed by atoms with E-state index in [1.807, 2.05) is 27.7 Å². The highest BCUT2D eigenvalue weighted by Gasteiger charge is 2.41. The molecule has 2 amide bonds. The molecule has 1 N–H and O–H groups in total. The van der Waals surface area contributed by atoms with Gasteiger partial charge in [0.2, 0.25) is 5.91 Å². The molecule has 0 aromatic rings. The predicted molar refractivity (Wildman–Crippen MR) is 78.6 cm³/mol. The second-order valence-corrected chi connectivity index (χ2v) is 6.13. The van der Waals surface area contributed by atoms with Crippen LogP contribution in [-0.4, -0.2) is 48.8 Å². The fourth-order valence-corrected chi connectivity index (χ4v) is 2.76. The minimum absolute atomic E-state index is 0.0900. The number of amides is 2. The number of halogens is 1. The highest BCUT2D eigenvalue weighted by atomic mass is 19.1. The van der Waals surface area contributed by atoms with Gasteiger partial charge in [0, 0.05) is 12.5 Å². The zero-order valence-corrected chi connectivity index (χ0v) is 13.6. The monoisotopic (exact) mass is 302 g/mol. The molecule has 1 fully saturated rings. The van der Waals surface area contributed by atoms with Crippen molar-refractivity contribution in [3.05, 3.63) is 0 Å². The standard InChI is InChI=1S/C15H27FN2O3/c1-6-10(4)12-7-11(16)8-18(12)14(19)13(9(2)3)17-15(20)21-5/h9-13H,6-8H2,1-5H3,(H,17,20)/t10?,11-,12?,13-/m0/s1. The van der Waals surface area contributed by atoms with Gasteiger partial charge < -0.3 is 15.0 Å². The number of methoxy groups -OCH3 is 1. The zero-order chi connectivity index (χ0) is 16.2. The van der Waals surface area contributed by atoms with E-state index < -0.39 is 18.3 Å². The summed E-state index contributed by atoms with van der Waals surface area (Å²) >= 11 is 0. The van der Waals surface area contributed by atoms with E-state index in [-0.39, 0.29) is 30.3 Å². The van der Waals surface area contributed by atoms with E-state index in [2.05, 4.69) is 10.1 Å². The van der Waals surface area contributed by atoms with E-state index in [9.17, 15) is 14.0 Å². The first-order valence-corrected chi connectivity index (χ1v) is 7.60. The lowest BCUT2D eigenvalue weighted by Crippen LogP contribution is -2.53. The average molecular weight is 302 g/mol. The summed E-state index contributed by atoms with van der Waals surface area (Å²) in [7, 11) is 1.26. The third-order valence-corrected chi connectivity index (χ3v) is 4.27. The number of likely N-dealkylation sites (tertiary alicyclic amines) is 1. The highest BCUT2D eigenvalue weighted by molar-refractivity contribution is 5.86. The summed E-state index contributed by atoms with van der Waals surface area (Å²) in [4.78, 5) is 25.7. The van der Waals surface area contributed by atoms with Gasteiger partial charge in [0.25, 0.3) is 0 Å². The molecule has 0 saturated carbocycles. The van der Waals surface area contributed by atoms with Gasteiger partial charge in [0.05, 0.1) is 13.7 Å². The Kier molecular flexibility index (Phi) is 6.42. The fraction of sp³-hybridized carbons (Fsp3) is 0.867. The maximum atomic E-state index is 13.8. The van der Waals surface area contributed by atoms with Crippen molar-refractivity contribution in [1.82, 2.24) is 10.2 Å². The first kappa shape index (κ1) is 17.7. The van der Waals surface area contributed by atoms with Crippen molar-refractivity contribution in [2.45, 2.75) is 58.8 Å². The summed E-state index contributed by atoms with van der Waals surface area (Å²) in [5.74, 6) is -0.0747. The van der Waals surface area contributed by atoms with Crippen molar-refractivity contribution >= 4 is 12.0 Å². The predicted octanol–water partition coefficient (Wildman–Crippen LogP) is 2.35. The maximum Gasteiger partial charge on any atom is 0.407 e. The molecule has 1 saturated heterocycles. The molecule has 0 bridgehead atoms. The van der Waals surface area contributed by atoms with Crippen LogP contribution in [0.5, 0.6) is 0 Å². The van der Waals surface area contributed by atoms with Crippen molar-refractivity contribution < 1.29 is 18.7 Å². The van der Waals surface area contributed by atoms with Crippen LogP contribution in [0.4, 0.5) is 9.18 Å². The number of nitrogens with one attached hydrogen (secondary N) is 1. The Labute approximate surface area is 126 Å². The number of hydrogen-bond acceptors (Lipinski definition) is 3. The van der Waals surface area contributed by atoms with Crippen LogP contribution in [0.25, 0.3) is 0 Å². The van der Waals surface area contributed by atoms with Gasteiger partial charge in [-0.2, -0.15) is 0 Å². The quantitative estimate of drug-likeness (QED) is 0.848. The van der Waals surface area contributed by atoms with E-state index in [0.29, 0.717) is 6.42 Å². The van der Waals surface area contributed by atoms with Gasteiger partial charge >= 0.3 is 6.09 Å². The molecular weight excluding hydrogens is 275 g/mol. The zero-order valence-electron chi connectivity index (χ0n) is 13.6. The topological polar surface area (TPSA) is 58.6 Å². The number of nitrogens with zero attached hydrogens (tertiary/aromatic N) is 1. The molecule has 122 valence electrons. The Bertz CT molecular complexity index is 376. The molecular formula is C15H27FN2O3. The van der Waals surface area contributed by atoms with E-state index in [1.165, 1.54) is 7.11 Å². The first-order chi connectivity index (χ1) is 9.81. The van der Waals surface area contributed by atoms with Crippen LogP contribution in [0.15, 0.2) is 0 Å². The lowest BCUT2D eigenvalue weighted by Gasteiger charge is -2.33. The molecule has 1 heterocycles. The van der Waals surface area contributed by atoms with Crippen LogP contribution in [0, 0.1) is 11.8 Å². The number of alkyl carbamates (subject to hydrolysis) is 1. The van der Waals surface area contributed by atoms with E-state index in [0.717, 1.165) is 6.42 Å². The van der Waals surface area contributed by atoms with Gasteiger partial charge in [0.15, 0.2) is 0 Å². The summed E-state index contributed by atoms with van der Waals surface area (Å²) in [6.07, 6.45) is -0.362. The molecule has 0 aromatic heterocycles. The third kappa shape index (κ3) is 4.32. The Morgan fingerprint density at radius 2 is 2.00 bits per heavy atom. The second kappa shape index (κ2) is 7.61. The summed E-state index contributed by atoms with van der Waals surface area (Å²) in [6.45, 7) is 7.87. The summed E-state index contributed by atoms with van der Waals surface area (Å²) in [6, 6.07) is -0.785. The number of rotatable bonds is 5. The van der Waals surface area contributed by atoms with Gasteiger partial charge in [-0.3, -0.25) is 4.79 Å². The average Bonchev–Trinajstić information content (AvgIpc) is 2.84. The molecule has 6 heteroatoms. The second-order valence-electron chi connectivity index (χ2n) is 6.13. The van der Waals surface area contributed by atoms with Crippen LogP contribution in [-0.2, 0) is 9.53 Å². The molecule has 4 atom stereocenters. The molecule has 21 heavy (non-hydrogen) atoms. The Morgan fingerprint density at radius 1 is 1.38 bits per heavy atom. The van der Waals surface area contributed by atoms with Gasteiger partial charge in [-0.15, -0.1) is 0 Å². The van der Waals surface area contributed by atoms with Gasteiger partial charge in [0.1, 0.15) is 12.2 Å². The summed E-state index contributed by atoms with van der Waals surface area (Å²) < 4.78 is 18.3. The number of alkyl halides is 1. The molecule has 5 nitrogen and oxygen atoms in total. The van der Waals surface area contributed by atoms with Gasteiger partial charge in [-0.05, 0) is 11.8 Å². The van der Waals surface area contributed by atoms with Crippen molar-refractivity contribution in [1.29, 1.82) is 0 Å². The van der Waals surface area contributed by atoms with Gasteiger partial charge in [-0.1, -0.05) is 34.1 Å². The Morgan fingerprint density at radius 3 is 2.48 bits per heavy atom. The highest BCUT2D eigenvalue weighted by Crippen LogP contribution is 2.29. The van der Waals surface area contributed by atoms with Crippen molar-refractivity contribution in [2.24, 2.45) is 11.8 Å². The molecule has 0 aromatic carbocycles. The number of carbonyl (C=O) groups is 2. The molecule has 0 spiro atoms. The van der Waals surface area contributed by atoms with Gasteiger partial charge in [-0.25, -0.2) is 9.18 Å². The van der Waals surface area contributed by atoms with E-state index >= 15 is 0 Å². The lowest BCUT2D eigenvalue weighted by molar-refractivity contribution is -0.136. The smallest absolute Gasteiger partial charge is 0.407 e. The number of ether oxygens (including phenoxy) is 1. The third-order valence-electron chi connectivity index (χ3n) is 4.27. The molecule has 0 radical (unpaired) electrons. The maximum absolute atomic E-state index is 13.8. The minimum atomic E-state index is -0.987. The van der Waals surface area contributed by atoms with Crippen molar-refractivity contribution in [3.63, 3.8) is 0 Å².